The number of benzene rings is 2. The quantitative estimate of drug-likeness (QED) is 0.452. The molecular formula is C23H25N3O2S. The molecule has 0 N–H and O–H groups in total. The van der Waals surface area contributed by atoms with Crippen molar-refractivity contribution >= 4 is 34.3 Å². The van der Waals surface area contributed by atoms with Gasteiger partial charge in [0, 0.05) is 18.8 Å². The maximum Gasteiger partial charge on any atom is 0.262 e. The van der Waals surface area contributed by atoms with Crippen LogP contribution >= 0.6 is 11.8 Å². The Morgan fingerprint density at radius 1 is 1.17 bits per heavy atom. The Morgan fingerprint density at radius 2 is 1.93 bits per heavy atom. The van der Waals surface area contributed by atoms with E-state index < -0.39 is 0 Å². The zero-order chi connectivity index (χ0) is 20.4. The van der Waals surface area contributed by atoms with Crippen LogP contribution in [-0.2, 0) is 17.8 Å². The number of nitrogens with zero attached hydrogens (tertiary/aromatic N) is 3. The van der Waals surface area contributed by atoms with Crippen molar-refractivity contribution < 1.29 is 4.79 Å². The summed E-state index contributed by atoms with van der Waals surface area (Å²) < 4.78 is 1.73. The van der Waals surface area contributed by atoms with Crippen molar-refractivity contribution in [3.63, 3.8) is 0 Å². The van der Waals surface area contributed by atoms with Gasteiger partial charge in [-0.1, -0.05) is 55.4 Å². The van der Waals surface area contributed by atoms with Crippen molar-refractivity contribution in [1.29, 1.82) is 0 Å². The third-order valence-corrected chi connectivity index (χ3v) is 6.42. The summed E-state index contributed by atoms with van der Waals surface area (Å²) in [6.07, 6.45) is 2.77. The molecule has 1 atom stereocenters. The number of carbonyl (C=O) groups excluding carboxylic acids is 1. The van der Waals surface area contributed by atoms with Gasteiger partial charge in [-0.15, -0.1) is 0 Å². The summed E-state index contributed by atoms with van der Waals surface area (Å²) in [4.78, 5) is 32.8. The number of para-hydroxylation sites is 2. The molecule has 0 bridgehead atoms. The molecule has 5 nitrogen and oxygen atoms in total. The Labute approximate surface area is 174 Å². The lowest BCUT2D eigenvalue weighted by Crippen LogP contribution is -2.35. The highest BCUT2D eigenvalue weighted by atomic mass is 32.2. The van der Waals surface area contributed by atoms with Crippen LogP contribution in [0.25, 0.3) is 10.9 Å². The van der Waals surface area contributed by atoms with Crippen molar-refractivity contribution in [1.82, 2.24) is 9.55 Å². The first kappa shape index (κ1) is 19.7. The third kappa shape index (κ3) is 3.81. The minimum absolute atomic E-state index is 0.0299. The average Bonchev–Trinajstić information content (AvgIpc) is 3.17. The van der Waals surface area contributed by atoms with E-state index in [-0.39, 0.29) is 16.7 Å². The minimum atomic E-state index is -0.331. The number of rotatable bonds is 6. The van der Waals surface area contributed by atoms with Crippen molar-refractivity contribution in [3.8, 4) is 0 Å². The van der Waals surface area contributed by atoms with E-state index in [1.54, 1.807) is 4.57 Å². The van der Waals surface area contributed by atoms with E-state index in [0.29, 0.717) is 29.1 Å². The molecule has 0 saturated carbocycles. The van der Waals surface area contributed by atoms with Crippen molar-refractivity contribution in [3.05, 3.63) is 64.4 Å². The molecule has 1 aliphatic heterocycles. The fraction of sp³-hybridized carbons (Fsp3) is 0.348. The topological polar surface area (TPSA) is 55.2 Å². The molecule has 6 heteroatoms. The molecule has 2 heterocycles. The maximum absolute atomic E-state index is 13.2. The lowest BCUT2D eigenvalue weighted by Gasteiger charge is -2.22. The molecule has 3 aromatic rings. The van der Waals surface area contributed by atoms with Gasteiger partial charge >= 0.3 is 0 Å². The zero-order valence-corrected chi connectivity index (χ0v) is 17.6. The summed E-state index contributed by atoms with van der Waals surface area (Å²) in [6, 6.07) is 15.5. The SMILES string of the molecule is CCCCn1c(SC(C)C(=O)N2CCc3ccccc32)nc2ccccc2c1=O. The Bertz CT molecular complexity index is 1110. The number of amides is 1. The molecule has 150 valence electrons. The maximum atomic E-state index is 13.2. The largest absolute Gasteiger partial charge is 0.311 e. The average molecular weight is 408 g/mol. The van der Waals surface area contributed by atoms with Crippen LogP contribution in [0.2, 0.25) is 0 Å². The van der Waals surface area contributed by atoms with Gasteiger partial charge in [-0.3, -0.25) is 14.2 Å². The predicted molar refractivity (Wildman–Crippen MR) is 119 cm³/mol. The first-order valence-corrected chi connectivity index (χ1v) is 11.0. The predicted octanol–water partition coefficient (Wildman–Crippen LogP) is 4.27. The molecule has 1 unspecified atom stereocenters. The number of carbonyl (C=O) groups is 1. The highest BCUT2D eigenvalue weighted by molar-refractivity contribution is 8.00. The first-order chi connectivity index (χ1) is 14.1. The van der Waals surface area contributed by atoms with Crippen LogP contribution in [0.1, 0.15) is 32.3 Å². The van der Waals surface area contributed by atoms with Crippen molar-refractivity contribution in [2.75, 3.05) is 11.4 Å². The van der Waals surface area contributed by atoms with Gasteiger partial charge in [-0.05, 0) is 43.5 Å². The van der Waals surface area contributed by atoms with Crippen molar-refractivity contribution in [2.45, 2.75) is 50.1 Å². The summed E-state index contributed by atoms with van der Waals surface area (Å²) in [6.45, 7) is 5.32. The smallest absolute Gasteiger partial charge is 0.262 e. The van der Waals surface area contributed by atoms with Gasteiger partial charge in [0.15, 0.2) is 5.16 Å². The fourth-order valence-corrected chi connectivity index (χ4v) is 4.74. The lowest BCUT2D eigenvalue weighted by atomic mass is 10.2. The fourth-order valence-electron chi connectivity index (χ4n) is 3.75. The Balaban J connectivity index is 1.64. The van der Waals surface area contributed by atoms with Crippen LogP contribution in [-0.4, -0.2) is 27.3 Å². The van der Waals surface area contributed by atoms with Gasteiger partial charge in [-0.25, -0.2) is 4.98 Å². The van der Waals surface area contributed by atoms with Gasteiger partial charge < -0.3 is 4.90 Å². The second-order valence-corrected chi connectivity index (χ2v) is 8.66. The zero-order valence-electron chi connectivity index (χ0n) is 16.8. The highest BCUT2D eigenvalue weighted by Crippen LogP contribution is 2.31. The first-order valence-electron chi connectivity index (χ1n) is 10.2. The molecule has 2 aromatic carbocycles. The number of aromatic nitrogens is 2. The van der Waals surface area contributed by atoms with Gasteiger partial charge in [-0.2, -0.15) is 0 Å². The number of hydrogen-bond donors (Lipinski definition) is 0. The van der Waals surface area contributed by atoms with E-state index in [2.05, 4.69) is 13.0 Å². The Hall–Kier alpha value is -2.60. The molecule has 0 spiro atoms. The highest BCUT2D eigenvalue weighted by Gasteiger charge is 2.29. The van der Waals surface area contributed by atoms with Gasteiger partial charge in [0.1, 0.15) is 0 Å². The molecule has 1 aromatic heterocycles. The van der Waals surface area contributed by atoms with Crippen LogP contribution in [0, 0.1) is 0 Å². The number of unbranched alkanes of at least 4 members (excludes halogenated alkanes) is 1. The van der Waals surface area contributed by atoms with E-state index in [1.165, 1.54) is 17.3 Å². The second kappa shape index (κ2) is 8.41. The Kier molecular flexibility index (Phi) is 5.72. The molecule has 1 amide bonds. The van der Waals surface area contributed by atoms with E-state index in [4.69, 9.17) is 4.98 Å². The van der Waals surface area contributed by atoms with Crippen LogP contribution in [0.3, 0.4) is 0 Å². The molecular weight excluding hydrogens is 382 g/mol. The number of thioether (sulfide) groups is 1. The third-order valence-electron chi connectivity index (χ3n) is 5.35. The summed E-state index contributed by atoms with van der Waals surface area (Å²) >= 11 is 1.38. The molecule has 0 aliphatic carbocycles. The van der Waals surface area contributed by atoms with Crippen LogP contribution in [0.15, 0.2) is 58.5 Å². The number of hydrogen-bond acceptors (Lipinski definition) is 4. The number of anilines is 1. The summed E-state index contributed by atoms with van der Waals surface area (Å²) in [5, 5.41) is 0.915. The minimum Gasteiger partial charge on any atom is -0.311 e. The molecule has 1 aliphatic rings. The summed E-state index contributed by atoms with van der Waals surface area (Å²) in [5.41, 5.74) is 2.86. The van der Waals surface area contributed by atoms with Crippen LogP contribution in [0.5, 0.6) is 0 Å². The van der Waals surface area contributed by atoms with Crippen LogP contribution in [0.4, 0.5) is 5.69 Å². The number of fused-ring (bicyclic) bond motifs is 2. The van der Waals surface area contributed by atoms with E-state index in [9.17, 15) is 9.59 Å². The monoisotopic (exact) mass is 407 g/mol. The van der Waals surface area contributed by atoms with E-state index >= 15 is 0 Å². The van der Waals surface area contributed by atoms with E-state index in [1.807, 2.05) is 54.3 Å². The van der Waals surface area contributed by atoms with Gasteiger partial charge in [0.25, 0.3) is 5.56 Å². The van der Waals surface area contributed by atoms with Crippen LogP contribution < -0.4 is 10.5 Å². The van der Waals surface area contributed by atoms with E-state index in [0.717, 1.165) is 24.9 Å². The second-order valence-electron chi connectivity index (χ2n) is 7.35. The molecule has 0 fully saturated rings. The lowest BCUT2D eigenvalue weighted by molar-refractivity contribution is -0.117. The van der Waals surface area contributed by atoms with Gasteiger partial charge in [0.05, 0.1) is 16.2 Å². The normalized spacial score (nSPS) is 14.2. The van der Waals surface area contributed by atoms with Crippen molar-refractivity contribution in [2.24, 2.45) is 0 Å². The molecule has 0 saturated heterocycles. The standard InChI is InChI=1S/C23H25N3O2S/c1-3-4-14-26-22(28)18-10-6-7-11-19(18)24-23(26)29-16(2)21(27)25-15-13-17-9-5-8-12-20(17)25/h5-12,16H,3-4,13-15H2,1-2H3. The molecule has 4 rings (SSSR count). The summed E-state index contributed by atoms with van der Waals surface area (Å²) in [5.74, 6) is 0.0596. The molecule has 29 heavy (non-hydrogen) atoms. The molecule has 0 radical (unpaired) electrons. The summed E-state index contributed by atoms with van der Waals surface area (Å²) in [7, 11) is 0. The Morgan fingerprint density at radius 3 is 2.76 bits per heavy atom. The van der Waals surface area contributed by atoms with Gasteiger partial charge in [0.2, 0.25) is 5.91 Å².